The van der Waals surface area contributed by atoms with E-state index in [1.165, 1.54) is 75.8 Å². The van der Waals surface area contributed by atoms with Crippen LogP contribution in [-0.2, 0) is 0 Å². The second-order valence-corrected chi connectivity index (χ2v) is 9.74. The molecule has 8 aromatic rings. The van der Waals surface area contributed by atoms with Crippen LogP contribution in [0.3, 0.4) is 0 Å². The van der Waals surface area contributed by atoms with E-state index >= 15 is 0 Å². The van der Waals surface area contributed by atoms with Crippen LogP contribution in [0.5, 0.6) is 0 Å². The Bertz CT molecular complexity index is 2150. The zero-order valence-electron chi connectivity index (χ0n) is 19.7. The van der Waals surface area contributed by atoms with Crippen LogP contribution in [0.2, 0.25) is 0 Å². The molecule has 0 aliphatic carbocycles. The van der Waals surface area contributed by atoms with Gasteiger partial charge in [-0.2, -0.15) is 0 Å². The standard InChI is InChI=1S/C36H22/c1-2-10-24-19-27(18-17-23(24)9-1)32-22-35-29-14-6-5-13-28(29)33-20-25-11-3-4-12-26(25)21-34(33)36(35)31-16-8-7-15-30(31)32/h1-22H. The molecule has 0 heteroatoms. The molecular formula is C36H22. The van der Waals surface area contributed by atoms with Gasteiger partial charge < -0.3 is 0 Å². The van der Waals surface area contributed by atoms with E-state index in [0.717, 1.165) is 0 Å². The van der Waals surface area contributed by atoms with Crippen LogP contribution in [0.1, 0.15) is 0 Å². The van der Waals surface area contributed by atoms with E-state index in [1.807, 2.05) is 0 Å². The lowest BCUT2D eigenvalue weighted by Crippen LogP contribution is -1.89. The lowest BCUT2D eigenvalue weighted by atomic mass is 9.86. The van der Waals surface area contributed by atoms with Gasteiger partial charge in [-0.3, -0.25) is 0 Å². The smallest absolute Gasteiger partial charge is 0.00197 e. The summed E-state index contributed by atoms with van der Waals surface area (Å²) in [5, 5.41) is 15.6. The fourth-order valence-corrected chi connectivity index (χ4v) is 6.10. The molecule has 0 aliphatic rings. The predicted octanol–water partition coefficient (Wildman–Crippen LogP) is 10.3. The molecule has 0 nitrogen and oxygen atoms in total. The average Bonchev–Trinajstić information content (AvgIpc) is 2.95. The maximum Gasteiger partial charge on any atom is -0.00197 e. The fourth-order valence-electron chi connectivity index (χ4n) is 6.10. The van der Waals surface area contributed by atoms with Gasteiger partial charge in [-0.1, -0.05) is 109 Å². The SMILES string of the molecule is c1ccc2cc(-c3cc4c5ccccc5c5cc6ccccc6cc5c4c4ccccc34)ccc2c1. The van der Waals surface area contributed by atoms with Gasteiger partial charge >= 0.3 is 0 Å². The minimum atomic E-state index is 1.26. The normalized spacial score (nSPS) is 11.9. The molecule has 0 aromatic heterocycles. The molecule has 8 aromatic carbocycles. The highest BCUT2D eigenvalue weighted by Gasteiger charge is 2.15. The van der Waals surface area contributed by atoms with Gasteiger partial charge in [0.2, 0.25) is 0 Å². The molecule has 166 valence electrons. The summed E-state index contributed by atoms with van der Waals surface area (Å²) in [5.74, 6) is 0. The van der Waals surface area contributed by atoms with E-state index in [4.69, 9.17) is 0 Å². The van der Waals surface area contributed by atoms with Crippen molar-refractivity contribution in [3.63, 3.8) is 0 Å². The first kappa shape index (κ1) is 19.6. The zero-order valence-corrected chi connectivity index (χ0v) is 19.7. The summed E-state index contributed by atoms with van der Waals surface area (Å²) < 4.78 is 0. The van der Waals surface area contributed by atoms with E-state index in [2.05, 4.69) is 133 Å². The topological polar surface area (TPSA) is 0 Å². The zero-order chi connectivity index (χ0) is 23.6. The summed E-state index contributed by atoms with van der Waals surface area (Å²) in [6.07, 6.45) is 0. The van der Waals surface area contributed by atoms with Crippen LogP contribution in [0, 0.1) is 0 Å². The highest BCUT2D eigenvalue weighted by atomic mass is 14.2. The van der Waals surface area contributed by atoms with E-state index in [0.29, 0.717) is 0 Å². The molecular weight excluding hydrogens is 432 g/mol. The van der Waals surface area contributed by atoms with Crippen LogP contribution in [0.15, 0.2) is 133 Å². The number of fused-ring (bicyclic) bond motifs is 10. The van der Waals surface area contributed by atoms with Gasteiger partial charge in [-0.25, -0.2) is 0 Å². The third-order valence-corrected chi connectivity index (χ3v) is 7.77. The third kappa shape index (κ3) is 2.76. The lowest BCUT2D eigenvalue weighted by Gasteiger charge is -2.17. The van der Waals surface area contributed by atoms with Crippen LogP contribution < -0.4 is 0 Å². The molecule has 0 N–H and O–H groups in total. The quantitative estimate of drug-likeness (QED) is 0.171. The molecule has 0 spiro atoms. The molecule has 0 heterocycles. The van der Waals surface area contributed by atoms with E-state index < -0.39 is 0 Å². The maximum absolute atomic E-state index is 2.43. The second kappa shape index (κ2) is 7.41. The van der Waals surface area contributed by atoms with Gasteiger partial charge in [0.05, 0.1) is 0 Å². The Balaban J connectivity index is 1.60. The number of hydrogen-bond donors (Lipinski definition) is 0. The Labute approximate surface area is 209 Å². The van der Waals surface area contributed by atoms with Gasteiger partial charge in [0.1, 0.15) is 0 Å². The van der Waals surface area contributed by atoms with Gasteiger partial charge in [-0.05, 0) is 100 Å². The van der Waals surface area contributed by atoms with E-state index in [9.17, 15) is 0 Å². The number of rotatable bonds is 1. The monoisotopic (exact) mass is 454 g/mol. The van der Waals surface area contributed by atoms with Crippen molar-refractivity contribution in [2.75, 3.05) is 0 Å². The van der Waals surface area contributed by atoms with Crippen molar-refractivity contribution in [2.45, 2.75) is 0 Å². The predicted molar refractivity (Wildman–Crippen MR) is 157 cm³/mol. The molecule has 0 radical (unpaired) electrons. The summed E-state index contributed by atoms with van der Waals surface area (Å²) in [6.45, 7) is 0. The first-order valence-corrected chi connectivity index (χ1v) is 12.5. The van der Waals surface area contributed by atoms with Crippen molar-refractivity contribution in [3.8, 4) is 11.1 Å². The van der Waals surface area contributed by atoms with E-state index in [-0.39, 0.29) is 0 Å². The van der Waals surface area contributed by atoms with Gasteiger partial charge in [-0.15, -0.1) is 0 Å². The Morgan fingerprint density at radius 1 is 0.278 bits per heavy atom. The highest BCUT2D eigenvalue weighted by molar-refractivity contribution is 6.34. The molecule has 36 heavy (non-hydrogen) atoms. The van der Waals surface area contributed by atoms with Gasteiger partial charge in [0.25, 0.3) is 0 Å². The minimum Gasteiger partial charge on any atom is -0.0616 e. The van der Waals surface area contributed by atoms with Crippen molar-refractivity contribution in [1.29, 1.82) is 0 Å². The van der Waals surface area contributed by atoms with Crippen molar-refractivity contribution < 1.29 is 0 Å². The van der Waals surface area contributed by atoms with Crippen LogP contribution in [-0.4, -0.2) is 0 Å². The van der Waals surface area contributed by atoms with E-state index in [1.54, 1.807) is 0 Å². The lowest BCUT2D eigenvalue weighted by molar-refractivity contribution is 1.70. The molecule has 0 aliphatic heterocycles. The van der Waals surface area contributed by atoms with Crippen LogP contribution >= 0.6 is 0 Å². The van der Waals surface area contributed by atoms with Crippen molar-refractivity contribution in [3.05, 3.63) is 133 Å². The van der Waals surface area contributed by atoms with Crippen molar-refractivity contribution in [2.24, 2.45) is 0 Å². The summed E-state index contributed by atoms with van der Waals surface area (Å²) in [4.78, 5) is 0. The molecule has 0 saturated carbocycles. The molecule has 0 unspecified atom stereocenters. The third-order valence-electron chi connectivity index (χ3n) is 7.77. The first-order valence-electron chi connectivity index (χ1n) is 12.5. The Hall–Kier alpha value is -4.68. The number of benzene rings is 8. The Morgan fingerprint density at radius 2 is 0.778 bits per heavy atom. The van der Waals surface area contributed by atoms with Gasteiger partial charge in [0.15, 0.2) is 0 Å². The molecule has 0 saturated heterocycles. The molecule has 8 rings (SSSR count). The maximum atomic E-state index is 2.43. The highest BCUT2D eigenvalue weighted by Crippen LogP contribution is 2.43. The molecule has 0 amide bonds. The number of hydrogen-bond acceptors (Lipinski definition) is 0. The largest absolute Gasteiger partial charge is 0.0616 e. The Morgan fingerprint density at radius 3 is 1.50 bits per heavy atom. The van der Waals surface area contributed by atoms with Crippen LogP contribution in [0.4, 0.5) is 0 Å². The summed E-state index contributed by atoms with van der Waals surface area (Å²) in [7, 11) is 0. The summed E-state index contributed by atoms with van der Waals surface area (Å²) in [6, 6.07) is 49.2. The first-order chi connectivity index (χ1) is 17.8. The summed E-state index contributed by atoms with van der Waals surface area (Å²) in [5.41, 5.74) is 2.55. The minimum absolute atomic E-state index is 1.26. The van der Waals surface area contributed by atoms with Gasteiger partial charge in [0, 0.05) is 0 Å². The fraction of sp³-hybridized carbons (Fsp3) is 0. The molecule has 0 bridgehead atoms. The summed E-state index contributed by atoms with van der Waals surface area (Å²) >= 11 is 0. The van der Waals surface area contributed by atoms with Crippen molar-refractivity contribution in [1.82, 2.24) is 0 Å². The Kier molecular flexibility index (Phi) is 4.03. The second-order valence-electron chi connectivity index (χ2n) is 9.74. The molecule has 0 atom stereocenters. The van der Waals surface area contributed by atoms with Crippen LogP contribution in [0.25, 0.3) is 75.8 Å². The average molecular weight is 455 g/mol. The van der Waals surface area contributed by atoms with Crippen molar-refractivity contribution >= 4 is 64.6 Å². The molecule has 0 fully saturated rings.